The van der Waals surface area contributed by atoms with Crippen LogP contribution < -0.4 is 15.1 Å². The lowest BCUT2D eigenvalue weighted by molar-refractivity contribution is -0.149. The number of carbonyl (C=O) groups excluding carboxylic acids is 6. The van der Waals surface area contributed by atoms with Gasteiger partial charge in [-0.15, -0.1) is 5.10 Å². The Morgan fingerprint density at radius 3 is 2.21 bits per heavy atom. The SMILES string of the molecule is CC(C)(C)OC(=O)c1cc2cc(NC(=O)[C@H](Cc3ccc(N4CCN(C5CCOCC5)CC4=O)cc3)N3CCN(c4cc(Cl)ccc4-n4cnnn4)C(=O)C3=O)ccc2n1C(=O)OC(C)(C)C. The van der Waals surface area contributed by atoms with Crippen molar-refractivity contribution >= 4 is 75.3 Å². The molecule has 0 saturated carbocycles. The molecule has 3 fully saturated rings. The summed E-state index contributed by atoms with van der Waals surface area (Å²) >= 11 is 6.38. The van der Waals surface area contributed by atoms with Crippen molar-refractivity contribution in [2.45, 2.75) is 84.1 Å². The number of hydrogen-bond donors (Lipinski definition) is 1. The van der Waals surface area contributed by atoms with Gasteiger partial charge in [0.2, 0.25) is 11.8 Å². The fourth-order valence-corrected chi connectivity index (χ4v) is 8.73. The van der Waals surface area contributed by atoms with Crippen molar-refractivity contribution in [1.29, 1.82) is 0 Å². The van der Waals surface area contributed by atoms with E-state index in [9.17, 15) is 28.8 Å². The van der Waals surface area contributed by atoms with E-state index in [-0.39, 0.29) is 36.8 Å². The minimum Gasteiger partial charge on any atom is -0.455 e. The maximum Gasteiger partial charge on any atom is 0.419 e. The Bertz CT molecular complexity index is 2700. The number of nitrogens with one attached hydrogen (secondary N) is 1. The molecule has 67 heavy (non-hydrogen) atoms. The number of rotatable bonds is 10. The summed E-state index contributed by atoms with van der Waals surface area (Å²) in [5.74, 6) is -3.18. The summed E-state index contributed by atoms with van der Waals surface area (Å²) < 4.78 is 19.3. The number of esters is 1. The molecule has 352 valence electrons. The van der Waals surface area contributed by atoms with Crippen LogP contribution in [0.5, 0.6) is 0 Å². The van der Waals surface area contributed by atoms with Crippen LogP contribution in [0.3, 0.4) is 0 Å². The van der Waals surface area contributed by atoms with Crippen LogP contribution in [0.1, 0.15) is 70.4 Å². The summed E-state index contributed by atoms with van der Waals surface area (Å²) in [4.78, 5) is 90.0. The number of anilines is 3. The number of amides is 4. The summed E-state index contributed by atoms with van der Waals surface area (Å²) in [5, 5.41) is 15.0. The van der Waals surface area contributed by atoms with Crippen LogP contribution in [0.15, 0.2) is 73.1 Å². The topological polar surface area (TPSA) is 204 Å². The summed E-state index contributed by atoms with van der Waals surface area (Å²) in [7, 11) is 0. The second kappa shape index (κ2) is 18.9. The molecule has 0 bridgehead atoms. The number of tetrazole rings is 1. The lowest BCUT2D eigenvalue weighted by Gasteiger charge is -2.40. The van der Waals surface area contributed by atoms with Crippen molar-refractivity contribution in [3.63, 3.8) is 0 Å². The summed E-state index contributed by atoms with van der Waals surface area (Å²) in [6.07, 6.45) is 2.36. The molecule has 5 heterocycles. The Morgan fingerprint density at radius 2 is 1.54 bits per heavy atom. The molecule has 0 radical (unpaired) electrons. The van der Waals surface area contributed by atoms with Gasteiger partial charge >= 0.3 is 23.9 Å². The lowest BCUT2D eigenvalue weighted by atomic mass is 10.0. The highest BCUT2D eigenvalue weighted by Crippen LogP contribution is 2.32. The Kier molecular flexibility index (Phi) is 13.2. The van der Waals surface area contributed by atoms with Gasteiger partial charge in [0, 0.05) is 73.6 Å². The number of piperazine rings is 2. The molecular formula is C47H53ClN10O9. The molecule has 3 aromatic carbocycles. The average molecular weight is 937 g/mol. The highest BCUT2D eigenvalue weighted by molar-refractivity contribution is 6.41. The molecule has 5 aromatic rings. The number of benzene rings is 3. The van der Waals surface area contributed by atoms with Crippen LogP contribution in [-0.4, -0.2) is 139 Å². The molecule has 8 rings (SSSR count). The Balaban J connectivity index is 1.08. The number of carbonyl (C=O) groups is 6. The van der Waals surface area contributed by atoms with Gasteiger partial charge in [0.25, 0.3) is 0 Å². The molecule has 2 aromatic heterocycles. The van der Waals surface area contributed by atoms with Gasteiger partial charge in [-0.1, -0.05) is 23.7 Å². The predicted molar refractivity (Wildman–Crippen MR) is 247 cm³/mol. The molecule has 1 atom stereocenters. The van der Waals surface area contributed by atoms with Crippen LogP contribution in [0.2, 0.25) is 5.02 Å². The van der Waals surface area contributed by atoms with Gasteiger partial charge in [0.15, 0.2) is 0 Å². The van der Waals surface area contributed by atoms with Crippen molar-refractivity contribution in [1.82, 2.24) is 34.6 Å². The summed E-state index contributed by atoms with van der Waals surface area (Å²) in [6, 6.07) is 17.4. The first-order valence-electron chi connectivity index (χ1n) is 22.1. The molecule has 0 spiro atoms. The first-order chi connectivity index (χ1) is 31.8. The number of hydrogen-bond acceptors (Lipinski definition) is 13. The van der Waals surface area contributed by atoms with Crippen LogP contribution in [0, 0.1) is 0 Å². The molecule has 0 unspecified atom stereocenters. The molecule has 3 aliphatic heterocycles. The van der Waals surface area contributed by atoms with Crippen molar-refractivity contribution in [2.75, 3.05) is 61.1 Å². The highest BCUT2D eigenvalue weighted by Gasteiger charge is 2.41. The zero-order valence-corrected chi connectivity index (χ0v) is 39.0. The van der Waals surface area contributed by atoms with E-state index in [4.69, 9.17) is 25.8 Å². The monoisotopic (exact) mass is 936 g/mol. The van der Waals surface area contributed by atoms with Crippen LogP contribution in [0.25, 0.3) is 16.6 Å². The zero-order valence-electron chi connectivity index (χ0n) is 38.2. The van der Waals surface area contributed by atoms with E-state index < -0.39 is 47.0 Å². The third-order valence-electron chi connectivity index (χ3n) is 11.6. The molecule has 4 amide bonds. The highest BCUT2D eigenvalue weighted by atomic mass is 35.5. The smallest absolute Gasteiger partial charge is 0.419 e. The number of halogens is 1. The number of nitrogens with zero attached hydrogens (tertiary/aromatic N) is 9. The molecule has 3 aliphatic rings. The van der Waals surface area contributed by atoms with Crippen LogP contribution in [0.4, 0.5) is 21.9 Å². The third kappa shape index (κ3) is 10.5. The first kappa shape index (κ1) is 46.8. The van der Waals surface area contributed by atoms with E-state index in [1.165, 1.54) is 26.9 Å². The average Bonchev–Trinajstić information content (AvgIpc) is 3.95. The summed E-state index contributed by atoms with van der Waals surface area (Å²) in [6.45, 7) is 13.2. The molecule has 1 N–H and O–H groups in total. The molecule has 19 nitrogen and oxygen atoms in total. The van der Waals surface area contributed by atoms with Crippen molar-refractivity contribution in [3.8, 4) is 5.69 Å². The van der Waals surface area contributed by atoms with E-state index in [0.29, 0.717) is 70.9 Å². The summed E-state index contributed by atoms with van der Waals surface area (Å²) in [5.41, 5.74) is 0.881. The van der Waals surface area contributed by atoms with E-state index in [1.807, 2.05) is 24.3 Å². The minimum atomic E-state index is -1.20. The largest absolute Gasteiger partial charge is 0.455 e. The van der Waals surface area contributed by atoms with Crippen molar-refractivity contribution in [3.05, 3.63) is 89.3 Å². The number of aromatic nitrogens is 5. The van der Waals surface area contributed by atoms with Gasteiger partial charge in [-0.05, 0) is 125 Å². The van der Waals surface area contributed by atoms with Crippen LogP contribution >= 0.6 is 11.6 Å². The normalized spacial score (nSPS) is 17.2. The third-order valence-corrected chi connectivity index (χ3v) is 11.9. The number of ether oxygens (including phenoxy) is 3. The van der Waals surface area contributed by atoms with E-state index >= 15 is 0 Å². The van der Waals surface area contributed by atoms with Gasteiger partial charge in [0.05, 0.1) is 23.4 Å². The first-order valence-corrected chi connectivity index (χ1v) is 22.5. The van der Waals surface area contributed by atoms with E-state index in [2.05, 4.69) is 25.7 Å². The van der Waals surface area contributed by atoms with E-state index in [1.54, 1.807) is 82.8 Å². The fourth-order valence-electron chi connectivity index (χ4n) is 8.56. The van der Waals surface area contributed by atoms with Gasteiger partial charge in [0.1, 0.15) is 29.3 Å². The molecule has 20 heteroatoms. The predicted octanol–water partition coefficient (Wildman–Crippen LogP) is 5.26. The lowest BCUT2D eigenvalue weighted by Crippen LogP contribution is -2.60. The Labute approximate surface area is 391 Å². The maximum absolute atomic E-state index is 14.6. The van der Waals surface area contributed by atoms with Gasteiger partial charge in [-0.25, -0.2) is 14.2 Å². The molecule has 3 saturated heterocycles. The van der Waals surface area contributed by atoms with Gasteiger partial charge < -0.3 is 34.2 Å². The van der Waals surface area contributed by atoms with Crippen molar-refractivity contribution in [2.24, 2.45) is 0 Å². The van der Waals surface area contributed by atoms with E-state index in [0.717, 1.165) is 24.0 Å². The van der Waals surface area contributed by atoms with Gasteiger partial charge in [-0.3, -0.25) is 24.1 Å². The maximum atomic E-state index is 14.6. The Morgan fingerprint density at radius 1 is 0.821 bits per heavy atom. The standard InChI is InChI=1S/C47H53ClN10O9/c1-46(2,3)66-44(63)39-25-30-24-32(10-14-35(30)58(39)45(64)67-47(4,5)6)50-41(60)38(23-29-7-11-34(12-8-29)54-18-17-53(27-40(54)59)33-15-21-65-22-16-33)56-20-19-55(42(61)43(56)62)37-26-31(48)9-13-36(37)57-28-49-51-52-57/h7-14,24-26,28,33,38H,15-23,27H2,1-6H3,(H,50,60)/t38-/m0/s1. The zero-order chi connectivity index (χ0) is 47.8. The Hall–Kier alpha value is -6.70. The quantitative estimate of drug-likeness (QED) is 0.140. The second-order valence-corrected chi connectivity index (χ2v) is 19.1. The molecular weight excluding hydrogens is 884 g/mol. The van der Waals surface area contributed by atoms with Crippen LogP contribution in [-0.2, 0) is 39.8 Å². The van der Waals surface area contributed by atoms with Crippen molar-refractivity contribution < 1.29 is 43.0 Å². The minimum absolute atomic E-state index is 0.00229. The number of fused-ring (bicyclic) bond motifs is 1. The van der Waals surface area contributed by atoms with Gasteiger partial charge in [-0.2, -0.15) is 4.68 Å². The second-order valence-electron chi connectivity index (χ2n) is 18.7. The fraction of sp³-hybridized carbons (Fsp3) is 0.426. The molecule has 0 aliphatic carbocycles.